The first-order valence-corrected chi connectivity index (χ1v) is 8.98. The molecule has 1 heterocycles. The van der Waals surface area contributed by atoms with Gasteiger partial charge in [0.1, 0.15) is 0 Å². The van der Waals surface area contributed by atoms with Gasteiger partial charge in [-0.05, 0) is 30.7 Å². The highest BCUT2D eigenvalue weighted by Crippen LogP contribution is 2.11. The number of carbonyl (C=O) groups excluding carboxylic acids is 2. The topological polar surface area (TPSA) is 49.9 Å². The second-order valence-electron chi connectivity index (χ2n) is 5.63. The van der Waals surface area contributed by atoms with Crippen molar-refractivity contribution in [3.05, 3.63) is 40.4 Å². The van der Waals surface area contributed by atoms with Gasteiger partial charge in [-0.15, -0.1) is 0 Å². The van der Waals surface area contributed by atoms with Gasteiger partial charge in [-0.3, -0.25) is 9.69 Å². The molecule has 0 aliphatic carbocycles. The van der Waals surface area contributed by atoms with Gasteiger partial charge in [-0.25, -0.2) is 4.79 Å². The number of carbonyl (C=O) groups is 2. The van der Waals surface area contributed by atoms with E-state index in [1.54, 1.807) is 11.0 Å². The minimum atomic E-state index is -0.245. The molecule has 5 nitrogen and oxygen atoms in total. The number of hydrogen-bond acceptors (Lipinski definition) is 4. The number of ketones is 1. The van der Waals surface area contributed by atoms with Gasteiger partial charge in [0.05, 0.1) is 6.61 Å². The fourth-order valence-electron chi connectivity index (χ4n) is 2.48. The third kappa shape index (κ3) is 6.09. The van der Waals surface area contributed by atoms with E-state index >= 15 is 0 Å². The maximum atomic E-state index is 12.0. The Hall–Kier alpha value is -1.66. The zero-order valence-electron chi connectivity index (χ0n) is 13.9. The van der Waals surface area contributed by atoms with Crippen molar-refractivity contribution in [2.24, 2.45) is 0 Å². The Morgan fingerprint density at radius 1 is 1.17 bits per heavy atom. The summed E-state index contributed by atoms with van der Waals surface area (Å²) in [5.41, 5.74) is 1.01. The van der Waals surface area contributed by atoms with Crippen molar-refractivity contribution in [2.45, 2.75) is 13.3 Å². The monoisotopic (exact) mass is 394 g/mol. The minimum absolute atomic E-state index is 0.116. The third-order valence-corrected chi connectivity index (χ3v) is 4.43. The molecule has 0 aromatic heterocycles. The number of hydrogen-bond donors (Lipinski definition) is 0. The van der Waals surface area contributed by atoms with Gasteiger partial charge in [0.2, 0.25) is 0 Å². The highest BCUT2D eigenvalue weighted by Gasteiger charge is 2.21. The second-order valence-corrected chi connectivity index (χ2v) is 6.54. The Morgan fingerprint density at radius 2 is 1.83 bits per heavy atom. The second kappa shape index (κ2) is 9.59. The van der Waals surface area contributed by atoms with E-state index in [-0.39, 0.29) is 11.9 Å². The van der Waals surface area contributed by atoms with Crippen LogP contribution in [0.25, 0.3) is 6.08 Å². The fourth-order valence-corrected chi connectivity index (χ4v) is 2.75. The number of benzene rings is 1. The molecule has 130 valence electrons. The maximum absolute atomic E-state index is 12.0. The van der Waals surface area contributed by atoms with Crippen LogP contribution in [0.15, 0.2) is 34.8 Å². The van der Waals surface area contributed by atoms with Crippen LogP contribution in [0.2, 0.25) is 0 Å². The van der Waals surface area contributed by atoms with Gasteiger partial charge in [0.15, 0.2) is 5.78 Å². The van der Waals surface area contributed by atoms with Crippen LogP contribution in [0.1, 0.15) is 18.9 Å². The first kappa shape index (κ1) is 18.7. The van der Waals surface area contributed by atoms with E-state index in [4.69, 9.17) is 4.74 Å². The lowest BCUT2D eigenvalue weighted by molar-refractivity contribution is -0.115. The molecule has 0 unspecified atom stereocenters. The lowest BCUT2D eigenvalue weighted by Gasteiger charge is -2.33. The molecule has 1 aromatic rings. The molecule has 1 aliphatic rings. The predicted octanol–water partition coefficient (Wildman–Crippen LogP) is 3.20. The highest BCUT2D eigenvalue weighted by molar-refractivity contribution is 9.10. The van der Waals surface area contributed by atoms with Crippen LogP contribution in [0.4, 0.5) is 4.79 Å². The van der Waals surface area contributed by atoms with Crippen molar-refractivity contribution in [2.75, 3.05) is 39.3 Å². The number of piperazine rings is 1. The lowest BCUT2D eigenvalue weighted by Crippen LogP contribution is -2.49. The summed E-state index contributed by atoms with van der Waals surface area (Å²) in [4.78, 5) is 27.5. The van der Waals surface area contributed by atoms with Gasteiger partial charge >= 0.3 is 6.09 Å². The Balaban J connectivity index is 1.69. The van der Waals surface area contributed by atoms with Crippen LogP contribution < -0.4 is 0 Å². The minimum Gasteiger partial charge on any atom is -0.450 e. The Labute approximate surface area is 151 Å². The molecule has 6 heteroatoms. The molecule has 2 rings (SSSR count). The van der Waals surface area contributed by atoms with Crippen LogP contribution in [0, 0.1) is 0 Å². The van der Waals surface area contributed by atoms with Crippen molar-refractivity contribution in [3.8, 4) is 0 Å². The van der Waals surface area contributed by atoms with Crippen LogP contribution in [-0.2, 0) is 9.53 Å². The average Bonchev–Trinajstić information content (AvgIpc) is 2.60. The molecule has 1 aromatic carbocycles. The maximum Gasteiger partial charge on any atom is 0.409 e. The molecule has 0 saturated carbocycles. The molecular formula is C18H23BrN2O3. The van der Waals surface area contributed by atoms with E-state index in [1.807, 2.05) is 37.3 Å². The fraction of sp³-hybridized carbons (Fsp3) is 0.444. The standard InChI is InChI=1S/C18H23BrN2O3/c1-2-24-18(23)21-13-11-20(12-14-21)10-9-17(22)8-5-15-3-6-16(19)7-4-15/h3-8H,2,9-14H2,1H3. The average molecular weight is 395 g/mol. The third-order valence-electron chi connectivity index (χ3n) is 3.90. The number of rotatable bonds is 6. The van der Waals surface area contributed by atoms with Crippen molar-refractivity contribution < 1.29 is 14.3 Å². The van der Waals surface area contributed by atoms with E-state index in [0.29, 0.717) is 26.1 Å². The Morgan fingerprint density at radius 3 is 2.46 bits per heavy atom. The van der Waals surface area contributed by atoms with Gasteiger partial charge in [-0.1, -0.05) is 34.1 Å². The van der Waals surface area contributed by atoms with Crippen molar-refractivity contribution >= 4 is 33.9 Å². The molecule has 0 radical (unpaired) electrons. The van der Waals surface area contributed by atoms with Crippen molar-refractivity contribution in [1.82, 2.24) is 9.80 Å². The Kier molecular flexibility index (Phi) is 7.46. The SMILES string of the molecule is CCOC(=O)N1CCN(CCC(=O)C=Cc2ccc(Br)cc2)CC1. The molecule has 1 amide bonds. The van der Waals surface area contributed by atoms with Crippen LogP contribution in [-0.4, -0.2) is 61.0 Å². The number of amides is 1. The number of halogens is 1. The zero-order chi connectivity index (χ0) is 17.4. The summed E-state index contributed by atoms with van der Waals surface area (Å²) in [7, 11) is 0. The number of nitrogens with zero attached hydrogens (tertiary/aromatic N) is 2. The molecule has 1 fully saturated rings. The van der Waals surface area contributed by atoms with Crippen molar-refractivity contribution in [1.29, 1.82) is 0 Å². The van der Waals surface area contributed by atoms with Crippen LogP contribution in [0.5, 0.6) is 0 Å². The van der Waals surface area contributed by atoms with E-state index in [0.717, 1.165) is 29.7 Å². The van der Waals surface area contributed by atoms with Gasteiger partial charge in [-0.2, -0.15) is 0 Å². The van der Waals surface area contributed by atoms with Crippen LogP contribution in [0.3, 0.4) is 0 Å². The van der Waals surface area contributed by atoms with E-state index in [2.05, 4.69) is 20.8 Å². The first-order valence-electron chi connectivity index (χ1n) is 8.19. The largest absolute Gasteiger partial charge is 0.450 e. The van der Waals surface area contributed by atoms with E-state index in [9.17, 15) is 9.59 Å². The predicted molar refractivity (Wildman–Crippen MR) is 97.8 cm³/mol. The normalized spacial score (nSPS) is 15.7. The molecule has 0 bridgehead atoms. The smallest absolute Gasteiger partial charge is 0.409 e. The summed E-state index contributed by atoms with van der Waals surface area (Å²) in [5, 5.41) is 0. The summed E-state index contributed by atoms with van der Waals surface area (Å²) >= 11 is 3.39. The quantitative estimate of drug-likeness (QED) is 0.695. The molecule has 1 aliphatic heterocycles. The summed E-state index contributed by atoms with van der Waals surface area (Å²) < 4.78 is 6.02. The van der Waals surface area contributed by atoms with Crippen molar-refractivity contribution in [3.63, 3.8) is 0 Å². The van der Waals surface area contributed by atoms with E-state index < -0.39 is 0 Å². The van der Waals surface area contributed by atoms with Crippen LogP contribution >= 0.6 is 15.9 Å². The molecule has 24 heavy (non-hydrogen) atoms. The lowest BCUT2D eigenvalue weighted by atomic mass is 10.1. The number of allylic oxidation sites excluding steroid dienone is 1. The molecule has 0 N–H and O–H groups in total. The molecule has 0 spiro atoms. The van der Waals surface area contributed by atoms with Gasteiger partial charge in [0.25, 0.3) is 0 Å². The molecule has 1 saturated heterocycles. The summed E-state index contributed by atoms with van der Waals surface area (Å²) in [6.07, 6.45) is 3.73. The summed E-state index contributed by atoms with van der Waals surface area (Å²) in [6, 6.07) is 7.82. The first-order chi connectivity index (χ1) is 11.6. The summed E-state index contributed by atoms with van der Waals surface area (Å²) in [6.45, 7) is 5.80. The number of ether oxygens (including phenoxy) is 1. The Bertz CT molecular complexity index is 578. The molecule has 0 atom stereocenters. The van der Waals surface area contributed by atoms with Gasteiger partial charge < -0.3 is 9.64 Å². The zero-order valence-corrected chi connectivity index (χ0v) is 15.5. The summed E-state index contributed by atoms with van der Waals surface area (Å²) in [5.74, 6) is 0.116. The van der Waals surface area contributed by atoms with Gasteiger partial charge in [0, 0.05) is 43.6 Å². The van der Waals surface area contributed by atoms with E-state index in [1.165, 1.54) is 0 Å². The molecular weight excluding hydrogens is 372 g/mol. The highest BCUT2D eigenvalue weighted by atomic mass is 79.9.